The highest BCUT2D eigenvalue weighted by Gasteiger charge is 2.24. The minimum Gasteiger partial charge on any atom is -0.497 e. The van der Waals surface area contributed by atoms with Crippen molar-refractivity contribution in [1.29, 1.82) is 0 Å². The average molecular weight is 441 g/mol. The molecule has 1 amide bonds. The number of fused-ring (bicyclic) bond motifs is 1. The maximum Gasteiger partial charge on any atom is 0.255 e. The number of imidazole rings is 1. The van der Waals surface area contributed by atoms with Crippen LogP contribution < -0.4 is 4.74 Å². The minimum absolute atomic E-state index is 0.110. The number of allylic oxidation sites excluding steroid dienone is 1. The van der Waals surface area contributed by atoms with Gasteiger partial charge in [0.05, 0.1) is 25.0 Å². The lowest BCUT2D eigenvalue weighted by atomic mass is 10.1. The first-order valence-electron chi connectivity index (χ1n) is 10.5. The predicted octanol–water partition coefficient (Wildman–Crippen LogP) is 4.62. The average Bonchev–Trinajstić information content (AvgIpc) is 3.19. The number of carbonyl (C=O) groups is 1. The normalized spacial score (nSPS) is 15.7. The van der Waals surface area contributed by atoms with Gasteiger partial charge in [-0.2, -0.15) is 0 Å². The van der Waals surface area contributed by atoms with Crippen LogP contribution in [0, 0.1) is 6.92 Å². The first-order chi connectivity index (χ1) is 15.5. The van der Waals surface area contributed by atoms with Crippen molar-refractivity contribution in [2.75, 3.05) is 13.1 Å². The zero-order valence-corrected chi connectivity index (χ0v) is 17.8. The summed E-state index contributed by atoms with van der Waals surface area (Å²) in [5.74, 6) is -0.00459. The van der Waals surface area contributed by atoms with Crippen LogP contribution in [0.2, 0.25) is 0 Å². The summed E-state index contributed by atoms with van der Waals surface area (Å²) in [7, 11) is 0. The Labute approximate surface area is 185 Å². The molecule has 0 radical (unpaired) electrons. The van der Waals surface area contributed by atoms with Crippen molar-refractivity contribution in [3.8, 4) is 5.75 Å². The molecule has 1 unspecified atom stereocenters. The molecule has 6 nitrogen and oxygen atoms in total. The number of halogens is 2. The van der Waals surface area contributed by atoms with Crippen LogP contribution in [0.1, 0.15) is 34.5 Å². The third-order valence-corrected chi connectivity index (χ3v) is 5.21. The fourth-order valence-corrected chi connectivity index (χ4v) is 3.66. The Bertz CT molecular complexity index is 1110. The SMILES string of the molecule is Cc1ccc2nc(COc3cccc(C(=O)N(CC(F)F)CC4CCC=CO4)c3)cn2c1. The Morgan fingerprint density at radius 3 is 2.97 bits per heavy atom. The molecule has 1 aromatic carbocycles. The number of nitrogens with zero attached hydrogens (tertiary/aromatic N) is 3. The molecule has 0 saturated carbocycles. The lowest BCUT2D eigenvalue weighted by Gasteiger charge is -2.28. The van der Waals surface area contributed by atoms with E-state index in [1.165, 1.54) is 0 Å². The standard InChI is InChI=1S/C24H25F2N3O3/c1-17-8-9-23-27-19(13-28(23)12-17)16-32-20-7-4-5-18(11-20)24(30)29(15-22(25)26)14-21-6-2-3-10-31-21/h3-5,7-13,21-22H,2,6,14-16H2,1H3. The fourth-order valence-electron chi connectivity index (χ4n) is 3.66. The van der Waals surface area contributed by atoms with E-state index in [4.69, 9.17) is 9.47 Å². The van der Waals surface area contributed by atoms with Crippen LogP contribution in [0.3, 0.4) is 0 Å². The third kappa shape index (κ3) is 5.43. The Balaban J connectivity index is 1.44. The lowest BCUT2D eigenvalue weighted by molar-refractivity contribution is 0.0322. The molecule has 1 aliphatic heterocycles. The van der Waals surface area contributed by atoms with E-state index >= 15 is 0 Å². The van der Waals surface area contributed by atoms with Gasteiger partial charge in [-0.25, -0.2) is 13.8 Å². The quantitative estimate of drug-likeness (QED) is 0.512. The van der Waals surface area contributed by atoms with Gasteiger partial charge in [0.1, 0.15) is 24.1 Å². The van der Waals surface area contributed by atoms with Gasteiger partial charge in [-0.3, -0.25) is 4.79 Å². The topological polar surface area (TPSA) is 56.1 Å². The van der Waals surface area contributed by atoms with E-state index in [0.717, 1.165) is 28.2 Å². The summed E-state index contributed by atoms with van der Waals surface area (Å²) in [5.41, 5.74) is 2.98. The summed E-state index contributed by atoms with van der Waals surface area (Å²) in [4.78, 5) is 18.6. The summed E-state index contributed by atoms with van der Waals surface area (Å²) < 4.78 is 39.5. The van der Waals surface area contributed by atoms with Crippen molar-refractivity contribution in [3.63, 3.8) is 0 Å². The van der Waals surface area contributed by atoms with Gasteiger partial charge in [0.15, 0.2) is 0 Å². The van der Waals surface area contributed by atoms with E-state index in [2.05, 4.69) is 4.98 Å². The lowest BCUT2D eigenvalue weighted by Crippen LogP contribution is -2.41. The second-order valence-corrected chi connectivity index (χ2v) is 7.83. The zero-order valence-electron chi connectivity index (χ0n) is 17.8. The number of amides is 1. The van der Waals surface area contributed by atoms with E-state index < -0.39 is 18.9 Å². The Kier molecular flexibility index (Phi) is 6.68. The largest absolute Gasteiger partial charge is 0.497 e. The first-order valence-corrected chi connectivity index (χ1v) is 10.5. The maximum absolute atomic E-state index is 13.1. The molecule has 3 aromatic rings. The molecule has 32 heavy (non-hydrogen) atoms. The molecular formula is C24H25F2N3O3. The number of ether oxygens (including phenoxy) is 2. The van der Waals surface area contributed by atoms with Crippen molar-refractivity contribution in [3.05, 3.63) is 78.0 Å². The number of alkyl halides is 2. The molecule has 0 N–H and O–H groups in total. The fraction of sp³-hybridized carbons (Fsp3) is 0.333. The van der Waals surface area contributed by atoms with Crippen LogP contribution in [-0.2, 0) is 11.3 Å². The highest BCUT2D eigenvalue weighted by molar-refractivity contribution is 5.94. The molecule has 0 saturated heterocycles. The highest BCUT2D eigenvalue weighted by Crippen LogP contribution is 2.19. The molecule has 0 aliphatic carbocycles. The van der Waals surface area contributed by atoms with E-state index in [1.54, 1.807) is 30.5 Å². The van der Waals surface area contributed by atoms with Gasteiger partial charge in [-0.1, -0.05) is 12.1 Å². The molecule has 0 spiro atoms. The van der Waals surface area contributed by atoms with Crippen LogP contribution in [0.4, 0.5) is 8.78 Å². The van der Waals surface area contributed by atoms with E-state index in [9.17, 15) is 13.6 Å². The second-order valence-electron chi connectivity index (χ2n) is 7.83. The molecular weight excluding hydrogens is 416 g/mol. The number of aromatic nitrogens is 2. The van der Waals surface area contributed by atoms with Crippen molar-refractivity contribution < 1.29 is 23.0 Å². The molecule has 2 aromatic heterocycles. The summed E-state index contributed by atoms with van der Waals surface area (Å²) in [6, 6.07) is 10.5. The number of benzene rings is 1. The molecule has 3 heterocycles. The number of hydrogen-bond donors (Lipinski definition) is 0. The molecule has 168 valence electrons. The molecule has 0 fully saturated rings. The van der Waals surface area contributed by atoms with Gasteiger partial charge in [0.25, 0.3) is 12.3 Å². The zero-order chi connectivity index (χ0) is 22.5. The maximum atomic E-state index is 13.1. The van der Waals surface area contributed by atoms with Gasteiger partial charge < -0.3 is 18.8 Å². The van der Waals surface area contributed by atoms with Crippen LogP contribution >= 0.6 is 0 Å². The van der Waals surface area contributed by atoms with Crippen molar-refractivity contribution in [2.45, 2.75) is 38.9 Å². The minimum atomic E-state index is -2.63. The molecule has 8 heteroatoms. The van der Waals surface area contributed by atoms with E-state index in [0.29, 0.717) is 17.7 Å². The van der Waals surface area contributed by atoms with Gasteiger partial charge >= 0.3 is 0 Å². The van der Waals surface area contributed by atoms with Gasteiger partial charge in [-0.05, 0) is 55.7 Å². The van der Waals surface area contributed by atoms with Gasteiger partial charge in [-0.15, -0.1) is 0 Å². The Morgan fingerprint density at radius 2 is 2.19 bits per heavy atom. The van der Waals surface area contributed by atoms with Gasteiger partial charge in [0.2, 0.25) is 0 Å². The molecule has 1 aliphatic rings. The summed E-state index contributed by atoms with van der Waals surface area (Å²) in [6.07, 6.45) is 5.87. The monoisotopic (exact) mass is 441 g/mol. The van der Waals surface area contributed by atoms with Crippen molar-refractivity contribution in [1.82, 2.24) is 14.3 Å². The van der Waals surface area contributed by atoms with E-state index in [-0.39, 0.29) is 19.3 Å². The van der Waals surface area contributed by atoms with E-state index in [1.807, 2.05) is 41.9 Å². The number of carbonyl (C=O) groups excluding carboxylic acids is 1. The number of hydrogen-bond acceptors (Lipinski definition) is 4. The number of rotatable bonds is 8. The summed E-state index contributed by atoms with van der Waals surface area (Å²) in [6.45, 7) is 1.70. The Morgan fingerprint density at radius 1 is 1.31 bits per heavy atom. The van der Waals surface area contributed by atoms with Crippen molar-refractivity contribution >= 4 is 11.6 Å². The van der Waals surface area contributed by atoms with Crippen LogP contribution in [-0.4, -0.2) is 45.8 Å². The van der Waals surface area contributed by atoms with Crippen molar-refractivity contribution in [2.24, 2.45) is 0 Å². The summed E-state index contributed by atoms with van der Waals surface area (Å²) in [5, 5.41) is 0. The second kappa shape index (κ2) is 9.80. The predicted molar refractivity (Wildman–Crippen MR) is 116 cm³/mol. The molecule has 4 rings (SSSR count). The molecule has 1 atom stereocenters. The highest BCUT2D eigenvalue weighted by atomic mass is 19.3. The molecule has 0 bridgehead atoms. The summed E-state index contributed by atoms with van der Waals surface area (Å²) >= 11 is 0. The number of pyridine rings is 1. The van der Waals surface area contributed by atoms with Crippen LogP contribution in [0.15, 0.2) is 61.1 Å². The van der Waals surface area contributed by atoms with Gasteiger partial charge in [0, 0.05) is 18.0 Å². The smallest absolute Gasteiger partial charge is 0.255 e. The third-order valence-electron chi connectivity index (χ3n) is 5.21. The van der Waals surface area contributed by atoms with Crippen LogP contribution in [0.25, 0.3) is 5.65 Å². The Hall–Kier alpha value is -3.42. The first kappa shape index (κ1) is 21.8. The van der Waals surface area contributed by atoms with Crippen LogP contribution in [0.5, 0.6) is 5.75 Å². The number of aryl methyl sites for hydroxylation is 1.